The lowest BCUT2D eigenvalue weighted by Gasteiger charge is -2.15. The molecule has 0 atom stereocenters. The molecule has 0 aliphatic carbocycles. The molecule has 16 heavy (non-hydrogen) atoms. The van der Waals surface area contributed by atoms with Crippen LogP contribution in [0.15, 0.2) is 24.3 Å². The van der Waals surface area contributed by atoms with Gasteiger partial charge in [0.15, 0.2) is 0 Å². The highest BCUT2D eigenvalue weighted by Gasteiger charge is 2.14. The number of nitrogens with one attached hydrogen (secondary N) is 1. The molecule has 0 saturated heterocycles. The van der Waals surface area contributed by atoms with E-state index < -0.39 is 5.60 Å². The third-order valence-corrected chi connectivity index (χ3v) is 2.51. The van der Waals surface area contributed by atoms with E-state index in [4.69, 9.17) is 4.74 Å². The second-order valence-corrected chi connectivity index (χ2v) is 4.74. The van der Waals surface area contributed by atoms with Gasteiger partial charge >= 0.3 is 0 Å². The first kappa shape index (κ1) is 11.0. The average Bonchev–Trinajstić information content (AvgIpc) is 2.55. The fraction of sp³-hybridized carbons (Fsp3) is 0.385. The lowest BCUT2D eigenvalue weighted by Crippen LogP contribution is -2.21. The first-order valence-electron chi connectivity index (χ1n) is 5.36. The fourth-order valence-corrected chi connectivity index (χ4v) is 1.85. The Kier molecular flexibility index (Phi) is 2.64. The van der Waals surface area contributed by atoms with Crippen LogP contribution in [0.2, 0.25) is 0 Å². The number of H-pyrrole nitrogens is 1. The van der Waals surface area contributed by atoms with E-state index in [-0.39, 0.29) is 0 Å². The highest BCUT2D eigenvalue weighted by atomic mass is 16.5. The van der Waals surface area contributed by atoms with Crippen molar-refractivity contribution < 1.29 is 9.84 Å². The molecule has 0 radical (unpaired) electrons. The van der Waals surface area contributed by atoms with Crippen molar-refractivity contribution in [1.82, 2.24) is 4.98 Å². The quantitative estimate of drug-likeness (QED) is 0.833. The smallest absolute Gasteiger partial charge is 0.120 e. The number of aromatic amines is 1. The number of aromatic nitrogens is 1. The Morgan fingerprint density at radius 1 is 1.31 bits per heavy atom. The van der Waals surface area contributed by atoms with Crippen molar-refractivity contribution in [3.8, 4) is 5.75 Å². The topological polar surface area (TPSA) is 45.2 Å². The van der Waals surface area contributed by atoms with Crippen LogP contribution in [0.4, 0.5) is 0 Å². The van der Waals surface area contributed by atoms with Crippen LogP contribution in [0.5, 0.6) is 5.75 Å². The molecule has 1 aromatic heterocycles. The number of aliphatic hydroxyl groups is 1. The highest BCUT2D eigenvalue weighted by molar-refractivity contribution is 5.81. The number of fused-ring (bicyclic) bond motifs is 1. The van der Waals surface area contributed by atoms with Crippen molar-refractivity contribution in [2.75, 3.05) is 7.11 Å². The van der Waals surface area contributed by atoms with Crippen LogP contribution < -0.4 is 4.74 Å². The minimum absolute atomic E-state index is 0.615. The predicted molar refractivity (Wildman–Crippen MR) is 64.9 cm³/mol. The van der Waals surface area contributed by atoms with Crippen LogP contribution in [0.3, 0.4) is 0 Å². The normalized spacial score (nSPS) is 12.0. The van der Waals surface area contributed by atoms with Gasteiger partial charge in [-0.2, -0.15) is 0 Å². The Hall–Kier alpha value is -1.48. The van der Waals surface area contributed by atoms with Crippen molar-refractivity contribution in [3.05, 3.63) is 30.0 Å². The lowest BCUT2D eigenvalue weighted by molar-refractivity contribution is 0.0801. The summed E-state index contributed by atoms with van der Waals surface area (Å²) in [4.78, 5) is 3.29. The highest BCUT2D eigenvalue weighted by Crippen LogP contribution is 2.23. The Morgan fingerprint density at radius 3 is 2.69 bits per heavy atom. The number of benzene rings is 1. The Morgan fingerprint density at radius 2 is 2.06 bits per heavy atom. The first-order valence-corrected chi connectivity index (χ1v) is 5.36. The molecule has 1 heterocycles. The summed E-state index contributed by atoms with van der Waals surface area (Å²) in [6.45, 7) is 3.61. The van der Waals surface area contributed by atoms with Gasteiger partial charge in [0.2, 0.25) is 0 Å². The molecule has 2 N–H and O–H groups in total. The van der Waals surface area contributed by atoms with Gasteiger partial charge in [0, 0.05) is 23.7 Å². The average molecular weight is 219 g/mol. The molecule has 0 unspecified atom stereocenters. The maximum absolute atomic E-state index is 9.75. The van der Waals surface area contributed by atoms with Gasteiger partial charge in [0.05, 0.1) is 12.7 Å². The number of ether oxygens (including phenoxy) is 1. The zero-order valence-corrected chi connectivity index (χ0v) is 9.87. The largest absolute Gasteiger partial charge is 0.497 e. The zero-order valence-electron chi connectivity index (χ0n) is 9.87. The number of rotatable bonds is 3. The van der Waals surface area contributed by atoms with Crippen LogP contribution in [0, 0.1) is 0 Å². The van der Waals surface area contributed by atoms with E-state index >= 15 is 0 Å². The van der Waals surface area contributed by atoms with Gasteiger partial charge in [-0.15, -0.1) is 0 Å². The Balaban J connectivity index is 2.36. The molecule has 2 aromatic rings. The minimum Gasteiger partial charge on any atom is -0.497 e. The van der Waals surface area contributed by atoms with Gasteiger partial charge in [-0.1, -0.05) is 0 Å². The molecule has 0 bridgehead atoms. The van der Waals surface area contributed by atoms with Crippen molar-refractivity contribution in [2.24, 2.45) is 0 Å². The molecule has 3 heteroatoms. The summed E-state index contributed by atoms with van der Waals surface area (Å²) >= 11 is 0. The van der Waals surface area contributed by atoms with Crippen molar-refractivity contribution >= 4 is 10.9 Å². The summed E-state index contributed by atoms with van der Waals surface area (Å²) in [7, 11) is 1.65. The van der Waals surface area contributed by atoms with Crippen LogP contribution in [0.25, 0.3) is 10.9 Å². The molecule has 0 spiro atoms. The standard InChI is InChI=1S/C13H17NO2/c1-13(2,15)8-10-6-9-4-5-11(16-3)7-12(9)14-10/h4-7,14-15H,8H2,1-3H3. The van der Waals surface area contributed by atoms with Crippen LogP contribution in [0.1, 0.15) is 19.5 Å². The lowest BCUT2D eigenvalue weighted by atomic mass is 10.0. The molecule has 3 nitrogen and oxygen atoms in total. The summed E-state index contributed by atoms with van der Waals surface area (Å²) in [5.74, 6) is 0.837. The van der Waals surface area contributed by atoms with Crippen LogP contribution in [-0.2, 0) is 6.42 Å². The number of hydrogen-bond donors (Lipinski definition) is 2. The summed E-state index contributed by atoms with van der Waals surface area (Å²) < 4.78 is 5.16. The van der Waals surface area contributed by atoms with Crippen molar-refractivity contribution in [3.63, 3.8) is 0 Å². The second kappa shape index (κ2) is 3.83. The molecule has 1 aromatic carbocycles. The molecule has 0 aliphatic heterocycles. The third-order valence-electron chi connectivity index (χ3n) is 2.51. The van der Waals surface area contributed by atoms with Crippen LogP contribution >= 0.6 is 0 Å². The van der Waals surface area contributed by atoms with E-state index in [1.807, 2.05) is 18.2 Å². The summed E-state index contributed by atoms with van der Waals surface area (Å²) in [5, 5.41) is 10.9. The maximum Gasteiger partial charge on any atom is 0.120 e. The van der Waals surface area contributed by atoms with Crippen molar-refractivity contribution in [1.29, 1.82) is 0 Å². The van der Waals surface area contributed by atoms with E-state index in [0.29, 0.717) is 6.42 Å². The third kappa shape index (κ3) is 2.36. The molecule has 0 amide bonds. The summed E-state index contributed by atoms with van der Waals surface area (Å²) in [6, 6.07) is 7.97. The number of methoxy groups -OCH3 is 1. The summed E-state index contributed by atoms with van der Waals surface area (Å²) in [5.41, 5.74) is 1.39. The predicted octanol–water partition coefficient (Wildman–Crippen LogP) is 2.49. The van der Waals surface area contributed by atoms with Gasteiger partial charge in [0.25, 0.3) is 0 Å². The van der Waals surface area contributed by atoms with E-state index in [1.165, 1.54) is 0 Å². The molecular weight excluding hydrogens is 202 g/mol. The molecular formula is C13H17NO2. The van der Waals surface area contributed by atoms with Gasteiger partial charge < -0.3 is 14.8 Å². The van der Waals surface area contributed by atoms with Gasteiger partial charge in [0.1, 0.15) is 5.75 Å². The number of hydrogen-bond acceptors (Lipinski definition) is 2. The minimum atomic E-state index is -0.690. The first-order chi connectivity index (χ1) is 7.48. The zero-order chi connectivity index (χ0) is 11.8. The second-order valence-electron chi connectivity index (χ2n) is 4.74. The maximum atomic E-state index is 9.75. The summed E-state index contributed by atoms with van der Waals surface area (Å²) in [6.07, 6.45) is 0.615. The van der Waals surface area contributed by atoms with Gasteiger partial charge in [-0.3, -0.25) is 0 Å². The molecule has 86 valence electrons. The monoisotopic (exact) mass is 219 g/mol. The molecule has 2 rings (SSSR count). The van der Waals surface area contributed by atoms with Crippen molar-refractivity contribution in [2.45, 2.75) is 25.9 Å². The van der Waals surface area contributed by atoms with E-state index in [9.17, 15) is 5.11 Å². The van der Waals surface area contributed by atoms with E-state index in [2.05, 4.69) is 11.1 Å². The molecule has 0 saturated carbocycles. The van der Waals surface area contributed by atoms with Gasteiger partial charge in [-0.25, -0.2) is 0 Å². The molecule has 0 fully saturated rings. The van der Waals surface area contributed by atoms with Crippen LogP contribution in [-0.4, -0.2) is 22.8 Å². The Bertz CT molecular complexity index is 494. The molecule has 0 aliphatic rings. The fourth-order valence-electron chi connectivity index (χ4n) is 1.85. The van der Waals surface area contributed by atoms with E-state index in [0.717, 1.165) is 22.3 Å². The van der Waals surface area contributed by atoms with E-state index in [1.54, 1.807) is 21.0 Å². The van der Waals surface area contributed by atoms with Gasteiger partial charge in [-0.05, 0) is 37.4 Å². The SMILES string of the molecule is COc1ccc2cc(CC(C)(C)O)[nH]c2c1. The Labute approximate surface area is 95.1 Å².